The van der Waals surface area contributed by atoms with Crippen molar-refractivity contribution in [2.75, 3.05) is 4.90 Å². The second-order valence-electron chi connectivity index (χ2n) is 6.58. The van der Waals surface area contributed by atoms with Crippen LogP contribution in [-0.2, 0) is 16.0 Å². The van der Waals surface area contributed by atoms with E-state index in [1.807, 2.05) is 54.6 Å². The smallest absolute Gasteiger partial charge is 0.294 e. The molecule has 1 heterocycles. The van der Waals surface area contributed by atoms with Gasteiger partial charge >= 0.3 is 0 Å². The molecule has 2 aromatic carbocycles. The largest absolute Gasteiger partial charge is 0.503 e. The van der Waals surface area contributed by atoms with Crippen molar-refractivity contribution in [3.63, 3.8) is 0 Å². The van der Waals surface area contributed by atoms with E-state index in [9.17, 15) is 14.7 Å². The van der Waals surface area contributed by atoms with Crippen molar-refractivity contribution in [2.45, 2.75) is 39.2 Å². The molecule has 0 bridgehead atoms. The number of amides is 1. The first-order valence-electron chi connectivity index (χ1n) is 8.96. The van der Waals surface area contributed by atoms with Crippen LogP contribution in [0.4, 0.5) is 5.69 Å². The van der Waals surface area contributed by atoms with E-state index in [1.54, 1.807) is 0 Å². The van der Waals surface area contributed by atoms with Gasteiger partial charge in [-0.1, -0.05) is 55.8 Å². The van der Waals surface area contributed by atoms with Crippen LogP contribution in [0.5, 0.6) is 0 Å². The summed E-state index contributed by atoms with van der Waals surface area (Å²) in [5.41, 5.74) is 2.83. The van der Waals surface area contributed by atoms with Crippen molar-refractivity contribution in [3.8, 4) is 0 Å². The maximum atomic E-state index is 12.7. The Hall–Kier alpha value is -2.88. The predicted octanol–water partition coefficient (Wildman–Crippen LogP) is 4.52. The van der Waals surface area contributed by atoms with E-state index >= 15 is 0 Å². The monoisotopic (exact) mass is 349 g/mol. The number of anilines is 1. The molecule has 1 amide bonds. The molecule has 4 nitrogen and oxygen atoms in total. The van der Waals surface area contributed by atoms with Crippen molar-refractivity contribution in [3.05, 3.63) is 77.1 Å². The van der Waals surface area contributed by atoms with Crippen LogP contribution in [0.2, 0.25) is 0 Å². The van der Waals surface area contributed by atoms with Crippen molar-refractivity contribution < 1.29 is 14.7 Å². The summed E-state index contributed by atoms with van der Waals surface area (Å²) in [5.74, 6) is -1.29. The molecule has 134 valence electrons. The maximum Gasteiger partial charge on any atom is 0.294 e. The number of hydrogen-bond donors (Lipinski definition) is 1. The average Bonchev–Trinajstić information content (AvgIpc) is 2.92. The molecule has 0 aromatic heterocycles. The zero-order valence-corrected chi connectivity index (χ0v) is 15.1. The second kappa shape index (κ2) is 7.56. The number of benzene rings is 2. The summed E-state index contributed by atoms with van der Waals surface area (Å²) in [6.45, 7) is 3.53. The fraction of sp³-hybridized carbons (Fsp3) is 0.273. The SMILES string of the molecule is CCCCc1ccc(N2C(=O)C(O)=C(C(C)=O)C2c2ccccc2)cc1. The molecule has 1 unspecified atom stereocenters. The minimum absolute atomic E-state index is 0.149. The Morgan fingerprint density at radius 2 is 1.73 bits per heavy atom. The van der Waals surface area contributed by atoms with E-state index in [1.165, 1.54) is 17.4 Å². The van der Waals surface area contributed by atoms with E-state index < -0.39 is 17.7 Å². The summed E-state index contributed by atoms with van der Waals surface area (Å²) in [5, 5.41) is 10.3. The first-order valence-corrected chi connectivity index (χ1v) is 8.96. The number of aryl methyl sites for hydroxylation is 1. The Morgan fingerprint density at radius 1 is 1.08 bits per heavy atom. The van der Waals surface area contributed by atoms with Gasteiger partial charge in [0.15, 0.2) is 11.5 Å². The predicted molar refractivity (Wildman–Crippen MR) is 102 cm³/mol. The molecule has 0 saturated carbocycles. The number of rotatable bonds is 6. The number of ketones is 1. The van der Waals surface area contributed by atoms with E-state index in [-0.39, 0.29) is 11.4 Å². The van der Waals surface area contributed by atoms with Crippen LogP contribution in [0.25, 0.3) is 0 Å². The van der Waals surface area contributed by atoms with Gasteiger partial charge in [0, 0.05) is 5.69 Å². The summed E-state index contributed by atoms with van der Waals surface area (Å²) >= 11 is 0. The Morgan fingerprint density at radius 3 is 2.31 bits per heavy atom. The molecule has 1 N–H and O–H groups in total. The number of aliphatic hydroxyl groups excluding tert-OH is 1. The average molecular weight is 349 g/mol. The van der Waals surface area contributed by atoms with Crippen LogP contribution in [0.3, 0.4) is 0 Å². The minimum Gasteiger partial charge on any atom is -0.503 e. The number of unbranched alkanes of at least 4 members (excludes halogenated alkanes) is 1. The molecule has 3 rings (SSSR count). The molecule has 0 spiro atoms. The standard InChI is InChI=1S/C22H23NO3/c1-3-4-8-16-11-13-18(14-12-16)23-20(17-9-6-5-7-10-17)19(15(2)24)21(25)22(23)26/h5-7,9-14,20,25H,3-4,8H2,1-2H3. The van der Waals surface area contributed by atoms with Gasteiger partial charge in [-0.3, -0.25) is 14.5 Å². The van der Waals surface area contributed by atoms with Crippen LogP contribution in [0.15, 0.2) is 65.9 Å². The molecule has 1 aliphatic heterocycles. The normalized spacial score (nSPS) is 17.1. The van der Waals surface area contributed by atoms with Gasteiger partial charge in [0.1, 0.15) is 0 Å². The highest BCUT2D eigenvalue weighted by Crippen LogP contribution is 2.40. The van der Waals surface area contributed by atoms with Gasteiger partial charge in [0.25, 0.3) is 5.91 Å². The van der Waals surface area contributed by atoms with E-state index in [4.69, 9.17) is 0 Å². The Balaban J connectivity index is 2.02. The highest BCUT2D eigenvalue weighted by atomic mass is 16.3. The third-order valence-electron chi connectivity index (χ3n) is 4.74. The van der Waals surface area contributed by atoms with Crippen LogP contribution in [-0.4, -0.2) is 16.8 Å². The zero-order valence-electron chi connectivity index (χ0n) is 15.1. The number of aliphatic hydroxyl groups is 1. The van der Waals surface area contributed by atoms with Crippen LogP contribution in [0.1, 0.15) is 43.9 Å². The topological polar surface area (TPSA) is 57.6 Å². The Labute approximate surface area is 153 Å². The lowest BCUT2D eigenvalue weighted by atomic mass is 9.96. The lowest BCUT2D eigenvalue weighted by molar-refractivity contribution is -0.117. The van der Waals surface area contributed by atoms with E-state index in [2.05, 4.69) is 6.92 Å². The van der Waals surface area contributed by atoms with Crippen LogP contribution >= 0.6 is 0 Å². The molecule has 0 radical (unpaired) electrons. The molecule has 0 saturated heterocycles. The summed E-state index contributed by atoms with van der Waals surface area (Å²) < 4.78 is 0. The number of hydrogen-bond acceptors (Lipinski definition) is 3. The Bertz CT molecular complexity index is 837. The van der Waals surface area contributed by atoms with Crippen LogP contribution < -0.4 is 4.90 Å². The van der Waals surface area contributed by atoms with Gasteiger partial charge in [-0.2, -0.15) is 0 Å². The second-order valence-corrected chi connectivity index (χ2v) is 6.58. The van der Waals surface area contributed by atoms with Crippen molar-refractivity contribution in [1.82, 2.24) is 0 Å². The number of nitrogens with zero attached hydrogens (tertiary/aromatic N) is 1. The molecule has 1 aliphatic rings. The molecular weight excluding hydrogens is 326 g/mol. The first kappa shape index (κ1) is 17.9. The molecular formula is C22H23NO3. The summed E-state index contributed by atoms with van der Waals surface area (Å²) in [6.07, 6.45) is 3.24. The number of carbonyl (C=O) groups excluding carboxylic acids is 2. The molecule has 4 heteroatoms. The van der Waals surface area contributed by atoms with Gasteiger partial charge in [0.05, 0.1) is 11.6 Å². The van der Waals surface area contributed by atoms with Gasteiger partial charge in [-0.25, -0.2) is 0 Å². The molecule has 0 aliphatic carbocycles. The molecule has 2 aromatic rings. The minimum atomic E-state index is -0.609. The van der Waals surface area contributed by atoms with Crippen LogP contribution in [0, 0.1) is 0 Å². The summed E-state index contributed by atoms with van der Waals surface area (Å²) in [7, 11) is 0. The van der Waals surface area contributed by atoms with Crippen molar-refractivity contribution >= 4 is 17.4 Å². The molecule has 0 fully saturated rings. The quantitative estimate of drug-likeness (QED) is 0.834. The zero-order chi connectivity index (χ0) is 18.7. The number of Topliss-reactive ketones (excluding diaryl/α,β-unsaturated/α-hetero) is 1. The van der Waals surface area contributed by atoms with Crippen molar-refractivity contribution in [2.24, 2.45) is 0 Å². The van der Waals surface area contributed by atoms with Gasteiger partial charge in [0.2, 0.25) is 0 Å². The van der Waals surface area contributed by atoms with Gasteiger partial charge in [-0.15, -0.1) is 0 Å². The third kappa shape index (κ3) is 3.27. The summed E-state index contributed by atoms with van der Waals surface area (Å²) in [6, 6.07) is 16.5. The lowest BCUT2D eigenvalue weighted by Crippen LogP contribution is -2.30. The first-order chi connectivity index (χ1) is 12.5. The van der Waals surface area contributed by atoms with E-state index in [0.29, 0.717) is 5.69 Å². The molecule has 1 atom stereocenters. The van der Waals surface area contributed by atoms with Gasteiger partial charge < -0.3 is 5.11 Å². The fourth-order valence-corrected chi connectivity index (χ4v) is 3.39. The third-order valence-corrected chi connectivity index (χ3v) is 4.74. The van der Waals surface area contributed by atoms with Crippen molar-refractivity contribution in [1.29, 1.82) is 0 Å². The molecule has 26 heavy (non-hydrogen) atoms. The fourth-order valence-electron chi connectivity index (χ4n) is 3.39. The highest BCUT2D eigenvalue weighted by molar-refractivity contribution is 6.16. The lowest BCUT2D eigenvalue weighted by Gasteiger charge is -2.26. The number of carbonyl (C=O) groups is 2. The highest BCUT2D eigenvalue weighted by Gasteiger charge is 2.43. The summed E-state index contributed by atoms with van der Waals surface area (Å²) in [4.78, 5) is 26.4. The van der Waals surface area contributed by atoms with E-state index in [0.717, 1.165) is 24.8 Å². The maximum absolute atomic E-state index is 12.7. The Kier molecular flexibility index (Phi) is 5.21. The van der Waals surface area contributed by atoms with Gasteiger partial charge in [-0.05, 0) is 43.0 Å².